The molecule has 1 aromatic carbocycles. The Labute approximate surface area is 244 Å². The molecule has 9 nitrogen and oxygen atoms in total. The van der Waals surface area contributed by atoms with Gasteiger partial charge in [0.25, 0.3) is 0 Å². The Morgan fingerprint density at radius 3 is 2.54 bits per heavy atom. The lowest BCUT2D eigenvalue weighted by Crippen LogP contribution is -2.57. The molecule has 0 saturated heterocycles. The lowest BCUT2D eigenvalue weighted by molar-refractivity contribution is -0.390. The van der Waals surface area contributed by atoms with Crippen LogP contribution in [0.5, 0.6) is 0 Å². The van der Waals surface area contributed by atoms with Gasteiger partial charge in [-0.2, -0.15) is 9.78 Å². The third-order valence-corrected chi connectivity index (χ3v) is 10.3. The van der Waals surface area contributed by atoms with Gasteiger partial charge in [-0.05, 0) is 108 Å². The van der Waals surface area contributed by atoms with Crippen molar-refractivity contribution < 1.29 is 9.72 Å². The fourth-order valence-corrected chi connectivity index (χ4v) is 8.69. The Kier molecular flexibility index (Phi) is 6.59. The summed E-state index contributed by atoms with van der Waals surface area (Å²) in [5.74, 6) is 0.832. The number of hydrogen-bond acceptors (Lipinski definition) is 5. The third kappa shape index (κ3) is 4.78. The zero-order valence-electron chi connectivity index (χ0n) is 21.7. The van der Waals surface area contributed by atoms with E-state index in [9.17, 15) is 14.9 Å². The molecule has 1 amide bonds. The van der Waals surface area contributed by atoms with Crippen LogP contribution in [0.3, 0.4) is 0 Å². The van der Waals surface area contributed by atoms with Gasteiger partial charge >= 0.3 is 5.82 Å². The van der Waals surface area contributed by atoms with Crippen molar-refractivity contribution in [3.05, 3.63) is 66.0 Å². The van der Waals surface area contributed by atoms with Gasteiger partial charge in [-0.25, -0.2) is 0 Å². The summed E-state index contributed by atoms with van der Waals surface area (Å²) < 4.78 is 4.10. The fraction of sp³-hybridized carbons (Fsp3) is 0.519. The van der Waals surface area contributed by atoms with E-state index < -0.39 is 4.92 Å². The molecule has 12 heteroatoms. The molecule has 39 heavy (non-hydrogen) atoms. The summed E-state index contributed by atoms with van der Waals surface area (Å²) in [6.45, 7) is 4.37. The average Bonchev–Trinajstić information content (AvgIpc) is 3.36. The van der Waals surface area contributed by atoms with Crippen LogP contribution < -0.4 is 5.32 Å². The maximum absolute atomic E-state index is 13.5. The number of nitrogens with one attached hydrogen (secondary N) is 1. The first-order chi connectivity index (χ1) is 18.5. The van der Waals surface area contributed by atoms with Crippen molar-refractivity contribution in [2.75, 3.05) is 5.32 Å². The van der Waals surface area contributed by atoms with Gasteiger partial charge in [-0.1, -0.05) is 29.3 Å². The van der Waals surface area contributed by atoms with Crippen molar-refractivity contribution in [3.63, 3.8) is 0 Å². The molecule has 0 radical (unpaired) electrons. The minimum atomic E-state index is -0.448. The number of halogens is 3. The minimum absolute atomic E-state index is 0.0139. The van der Waals surface area contributed by atoms with Gasteiger partial charge in [0.15, 0.2) is 0 Å². The number of amides is 1. The van der Waals surface area contributed by atoms with Crippen molar-refractivity contribution in [3.8, 4) is 0 Å². The first-order valence-electron chi connectivity index (χ1n) is 13.1. The smallest absolute Gasteiger partial charge is 0.358 e. The number of benzene rings is 1. The molecular formula is C27H29BrCl2N6O3. The van der Waals surface area contributed by atoms with Crippen LogP contribution >= 0.6 is 39.1 Å². The number of carbonyl (C=O) groups excluding carboxylic acids is 1. The van der Waals surface area contributed by atoms with Gasteiger partial charge in [0.1, 0.15) is 4.47 Å². The number of nitrogens with zero attached hydrogens (tertiary/aromatic N) is 5. The number of rotatable bonds is 7. The highest BCUT2D eigenvalue weighted by atomic mass is 79.9. The molecule has 2 aromatic heterocycles. The van der Waals surface area contributed by atoms with Crippen LogP contribution in [-0.4, -0.2) is 30.4 Å². The van der Waals surface area contributed by atoms with E-state index in [1.54, 1.807) is 12.3 Å². The highest BCUT2D eigenvalue weighted by molar-refractivity contribution is 9.10. The van der Waals surface area contributed by atoms with Crippen molar-refractivity contribution in [2.24, 2.45) is 17.3 Å². The first-order valence-corrected chi connectivity index (χ1v) is 14.7. The zero-order chi connectivity index (χ0) is 27.7. The van der Waals surface area contributed by atoms with E-state index in [2.05, 4.69) is 31.4 Å². The number of hydrogen-bond donors (Lipinski definition) is 1. The molecule has 4 aliphatic carbocycles. The number of aromatic nitrogens is 4. The number of carbonyl (C=O) groups is 1. The van der Waals surface area contributed by atoms with Crippen LogP contribution in [0.2, 0.25) is 10.0 Å². The van der Waals surface area contributed by atoms with Crippen LogP contribution in [0, 0.1) is 41.2 Å². The summed E-state index contributed by atoms with van der Waals surface area (Å²) in [4.78, 5) is 24.6. The fourth-order valence-electron chi connectivity index (χ4n) is 7.95. The number of anilines is 1. The minimum Gasteiger partial charge on any atom is -0.358 e. The maximum atomic E-state index is 13.5. The lowest BCUT2D eigenvalue weighted by atomic mass is 9.46. The Morgan fingerprint density at radius 1 is 1.18 bits per heavy atom. The zero-order valence-corrected chi connectivity index (χ0v) is 24.8. The SMILES string of the molecule is Cc1nn(Cc2ccc(Cl)c(Cl)c2)c(C)c1NC(=O)CC12CC3CC(C1)CC(n1cc(Br)c([N+](=O)[O-])n1)(C3)C2. The van der Waals surface area contributed by atoms with Crippen molar-refractivity contribution in [1.29, 1.82) is 0 Å². The van der Waals surface area contributed by atoms with Crippen molar-refractivity contribution in [2.45, 2.75) is 70.9 Å². The topological polar surface area (TPSA) is 108 Å². The Morgan fingerprint density at radius 2 is 1.90 bits per heavy atom. The molecule has 0 aliphatic heterocycles. The van der Waals surface area contributed by atoms with Gasteiger partial charge < -0.3 is 15.4 Å². The van der Waals surface area contributed by atoms with E-state index in [1.807, 2.05) is 35.3 Å². The summed E-state index contributed by atoms with van der Waals surface area (Å²) in [5.41, 5.74) is 2.93. The quantitative estimate of drug-likeness (QED) is 0.221. The van der Waals surface area contributed by atoms with Crippen LogP contribution in [0.25, 0.3) is 0 Å². The standard InChI is InChI=1S/C27H29BrCl2N6O3/c1-15-24(16(2)34(32-15)12-17-3-4-21(29)22(30)6-17)31-23(37)11-26-7-18-5-19(8-26)10-27(9-18,14-26)35-13-20(28)25(33-35)36(38)39/h3-4,6,13,18-19H,5,7-12,14H2,1-2H3,(H,31,37). The second-order valence-electron chi connectivity index (χ2n) is 11.9. The monoisotopic (exact) mass is 634 g/mol. The highest BCUT2D eigenvalue weighted by Gasteiger charge is 2.60. The molecule has 2 unspecified atom stereocenters. The Balaban J connectivity index is 1.21. The highest BCUT2D eigenvalue weighted by Crippen LogP contribution is 2.65. The van der Waals surface area contributed by atoms with Crippen LogP contribution in [0.15, 0.2) is 28.9 Å². The van der Waals surface area contributed by atoms with E-state index in [1.165, 1.54) is 0 Å². The van der Waals surface area contributed by atoms with Crippen LogP contribution in [0.4, 0.5) is 11.5 Å². The van der Waals surface area contributed by atoms with Gasteiger partial charge in [0.2, 0.25) is 5.91 Å². The predicted octanol–water partition coefficient (Wildman–Crippen LogP) is 7.05. The van der Waals surface area contributed by atoms with E-state index in [4.69, 9.17) is 23.2 Å². The van der Waals surface area contributed by atoms with Crippen LogP contribution in [-0.2, 0) is 16.9 Å². The summed E-state index contributed by atoms with van der Waals surface area (Å²) in [6.07, 6.45) is 8.08. The maximum Gasteiger partial charge on any atom is 0.404 e. The normalized spacial score (nSPS) is 27.2. The van der Waals surface area contributed by atoms with E-state index >= 15 is 0 Å². The van der Waals surface area contributed by atoms with Crippen molar-refractivity contribution >= 4 is 56.5 Å². The lowest BCUT2D eigenvalue weighted by Gasteiger charge is -2.61. The summed E-state index contributed by atoms with van der Waals surface area (Å²) in [7, 11) is 0. The van der Waals surface area contributed by atoms with Gasteiger partial charge in [-0.3, -0.25) is 9.48 Å². The molecule has 2 heterocycles. The molecule has 4 fully saturated rings. The van der Waals surface area contributed by atoms with E-state index in [0.29, 0.717) is 39.3 Å². The molecule has 2 atom stereocenters. The van der Waals surface area contributed by atoms with Gasteiger partial charge in [0, 0.05) is 6.42 Å². The molecule has 4 bridgehead atoms. The van der Waals surface area contributed by atoms with E-state index in [0.717, 1.165) is 61.2 Å². The molecule has 4 aliphatic rings. The van der Waals surface area contributed by atoms with Crippen LogP contribution in [0.1, 0.15) is 61.9 Å². The molecule has 206 valence electrons. The second kappa shape index (κ2) is 9.59. The summed E-state index contributed by atoms with van der Waals surface area (Å²) in [5, 5.41) is 24.7. The van der Waals surface area contributed by atoms with Crippen molar-refractivity contribution in [1.82, 2.24) is 19.6 Å². The Hall–Kier alpha value is -2.43. The third-order valence-electron chi connectivity index (χ3n) is 8.96. The van der Waals surface area contributed by atoms with E-state index in [-0.39, 0.29) is 22.7 Å². The first kappa shape index (κ1) is 26.8. The average molecular weight is 636 g/mol. The number of nitro groups is 1. The largest absolute Gasteiger partial charge is 0.404 e. The van der Waals surface area contributed by atoms with Gasteiger partial charge in [-0.15, -0.1) is 0 Å². The summed E-state index contributed by atoms with van der Waals surface area (Å²) >= 11 is 15.6. The molecule has 7 rings (SSSR count). The Bertz CT molecular complexity index is 1490. The second-order valence-corrected chi connectivity index (χ2v) is 13.5. The van der Waals surface area contributed by atoms with Gasteiger partial charge in [0.05, 0.1) is 50.5 Å². The molecule has 1 N–H and O–H groups in total. The molecule has 3 aromatic rings. The predicted molar refractivity (Wildman–Crippen MR) is 152 cm³/mol. The summed E-state index contributed by atoms with van der Waals surface area (Å²) in [6, 6.07) is 5.51. The molecular weight excluding hydrogens is 607 g/mol. The number of aryl methyl sites for hydroxylation is 1. The molecule has 0 spiro atoms. The molecule has 4 saturated carbocycles.